The molecule has 2 fully saturated rings. The van der Waals surface area contributed by atoms with E-state index in [0.717, 1.165) is 12.2 Å². The van der Waals surface area contributed by atoms with E-state index in [1.165, 1.54) is 0 Å². The predicted octanol–water partition coefficient (Wildman–Crippen LogP) is -1.34. The lowest BCUT2D eigenvalue weighted by atomic mass is 9.80. The molecule has 1 aromatic heterocycles. The smallest absolute Gasteiger partial charge is 0.230 e. The first-order valence-electron chi connectivity index (χ1n) is 5.73. The van der Waals surface area contributed by atoms with Crippen LogP contribution >= 0.6 is 0 Å². The van der Waals surface area contributed by atoms with Crippen molar-refractivity contribution in [3.63, 3.8) is 0 Å². The van der Waals surface area contributed by atoms with Crippen molar-refractivity contribution in [1.29, 1.82) is 0 Å². The molecule has 0 spiro atoms. The van der Waals surface area contributed by atoms with Crippen LogP contribution in [0.4, 0.5) is 0 Å². The van der Waals surface area contributed by atoms with Crippen molar-refractivity contribution < 1.29 is 9.53 Å². The lowest BCUT2D eigenvalue weighted by Gasteiger charge is -2.24. The van der Waals surface area contributed by atoms with Gasteiger partial charge in [-0.1, -0.05) is 0 Å². The highest BCUT2D eigenvalue weighted by Crippen LogP contribution is 2.37. The van der Waals surface area contributed by atoms with Gasteiger partial charge in [-0.2, -0.15) is 15.4 Å². The lowest BCUT2D eigenvalue weighted by Crippen LogP contribution is -2.46. The molecule has 0 bridgehead atoms. The van der Waals surface area contributed by atoms with Crippen LogP contribution in [0, 0.1) is 11.3 Å². The molecule has 92 valence electrons. The highest BCUT2D eigenvalue weighted by molar-refractivity contribution is 5.84. The third-order valence-electron chi connectivity index (χ3n) is 3.64. The summed E-state index contributed by atoms with van der Waals surface area (Å²) in [4.78, 5) is 12.3. The van der Waals surface area contributed by atoms with Crippen molar-refractivity contribution in [1.82, 2.24) is 26.0 Å². The van der Waals surface area contributed by atoms with E-state index >= 15 is 0 Å². The van der Waals surface area contributed by atoms with E-state index in [1.807, 2.05) is 0 Å². The highest BCUT2D eigenvalue weighted by Gasteiger charge is 2.52. The average Bonchev–Trinajstić information content (AvgIpc) is 3.01. The molecule has 2 aliphatic heterocycles. The molecule has 0 aromatic carbocycles. The Balaban J connectivity index is 1.65. The summed E-state index contributed by atoms with van der Waals surface area (Å²) >= 11 is 0. The Labute approximate surface area is 98.3 Å². The second-order valence-electron chi connectivity index (χ2n) is 4.64. The fourth-order valence-corrected chi connectivity index (χ4v) is 2.57. The molecule has 1 amide bonds. The Kier molecular flexibility index (Phi) is 2.56. The Morgan fingerprint density at radius 3 is 3.47 bits per heavy atom. The van der Waals surface area contributed by atoms with Crippen molar-refractivity contribution in [3.8, 4) is 0 Å². The van der Waals surface area contributed by atoms with Crippen LogP contribution in [0.15, 0.2) is 6.20 Å². The van der Waals surface area contributed by atoms with Gasteiger partial charge >= 0.3 is 0 Å². The number of aromatic amines is 1. The summed E-state index contributed by atoms with van der Waals surface area (Å²) in [6, 6.07) is 0. The van der Waals surface area contributed by atoms with E-state index in [4.69, 9.17) is 4.74 Å². The summed E-state index contributed by atoms with van der Waals surface area (Å²) in [7, 11) is 0. The molecule has 2 aliphatic rings. The molecule has 2 saturated heterocycles. The first-order valence-corrected chi connectivity index (χ1v) is 5.73. The number of rotatable bonds is 3. The average molecular weight is 237 g/mol. The topological polar surface area (TPSA) is 91.9 Å². The van der Waals surface area contributed by atoms with Gasteiger partial charge in [0.25, 0.3) is 0 Å². The van der Waals surface area contributed by atoms with E-state index in [-0.39, 0.29) is 11.3 Å². The number of carbonyl (C=O) groups excluding carboxylic acids is 1. The number of nitrogens with one attached hydrogen (secondary N) is 3. The number of hydrogen-bond acceptors (Lipinski definition) is 5. The minimum atomic E-state index is -0.385. The maximum absolute atomic E-state index is 12.3. The minimum Gasteiger partial charge on any atom is -0.380 e. The Hall–Kier alpha value is -1.47. The van der Waals surface area contributed by atoms with Crippen LogP contribution in [-0.4, -0.2) is 47.6 Å². The molecule has 3 heterocycles. The second-order valence-corrected chi connectivity index (χ2v) is 4.64. The van der Waals surface area contributed by atoms with E-state index < -0.39 is 0 Å². The lowest BCUT2D eigenvalue weighted by molar-refractivity contribution is -0.131. The van der Waals surface area contributed by atoms with E-state index in [0.29, 0.717) is 32.2 Å². The quantitative estimate of drug-likeness (QED) is 0.605. The number of ether oxygens (including phenoxy) is 1. The molecule has 3 rings (SSSR count). The monoisotopic (exact) mass is 237 g/mol. The van der Waals surface area contributed by atoms with Crippen LogP contribution in [0.5, 0.6) is 0 Å². The molecule has 7 nitrogen and oxygen atoms in total. The first-order chi connectivity index (χ1) is 8.31. The molecule has 3 N–H and O–H groups in total. The largest absolute Gasteiger partial charge is 0.380 e. The summed E-state index contributed by atoms with van der Waals surface area (Å²) in [5.74, 6) is 0.341. The van der Waals surface area contributed by atoms with Crippen molar-refractivity contribution in [2.45, 2.75) is 6.54 Å². The Morgan fingerprint density at radius 1 is 1.71 bits per heavy atom. The molecule has 0 aliphatic carbocycles. The van der Waals surface area contributed by atoms with Crippen molar-refractivity contribution >= 4 is 5.91 Å². The van der Waals surface area contributed by atoms with Gasteiger partial charge in [-0.05, 0) is 0 Å². The highest BCUT2D eigenvalue weighted by atomic mass is 16.5. The van der Waals surface area contributed by atoms with Gasteiger partial charge in [-0.15, -0.1) is 0 Å². The van der Waals surface area contributed by atoms with Crippen molar-refractivity contribution in [2.24, 2.45) is 11.3 Å². The summed E-state index contributed by atoms with van der Waals surface area (Å²) in [6.45, 7) is 3.14. The molecule has 1 aromatic rings. The van der Waals surface area contributed by atoms with Crippen LogP contribution in [0.2, 0.25) is 0 Å². The number of carbonyl (C=O) groups is 1. The number of amides is 1. The summed E-state index contributed by atoms with van der Waals surface area (Å²) in [5.41, 5.74) is 0.347. The fourth-order valence-electron chi connectivity index (χ4n) is 2.57. The number of H-pyrrole nitrogens is 1. The SMILES string of the molecule is O=C(NCc1cn[nH]n1)[C@]12CNC[C@H]1COC2. The number of nitrogens with zero attached hydrogens (tertiary/aromatic N) is 2. The standard InChI is InChI=1S/C10H15N5O2/c16-9(12-2-8-3-13-15-14-8)10-5-11-1-7(10)4-17-6-10/h3,7,11H,1-2,4-6H2,(H,12,16)(H,13,14,15)/t7-,10-/m0/s1. The van der Waals surface area contributed by atoms with E-state index in [1.54, 1.807) is 6.20 Å². The van der Waals surface area contributed by atoms with Gasteiger partial charge in [0, 0.05) is 19.0 Å². The van der Waals surface area contributed by atoms with Gasteiger partial charge in [-0.3, -0.25) is 4.79 Å². The van der Waals surface area contributed by atoms with Crippen LogP contribution < -0.4 is 10.6 Å². The predicted molar refractivity (Wildman–Crippen MR) is 57.8 cm³/mol. The van der Waals surface area contributed by atoms with Gasteiger partial charge < -0.3 is 15.4 Å². The normalized spacial score (nSPS) is 31.4. The van der Waals surface area contributed by atoms with Crippen LogP contribution in [0.25, 0.3) is 0 Å². The number of fused-ring (bicyclic) bond motifs is 1. The van der Waals surface area contributed by atoms with Gasteiger partial charge in [0.1, 0.15) is 5.69 Å². The summed E-state index contributed by atoms with van der Waals surface area (Å²) < 4.78 is 5.44. The molecule has 0 unspecified atom stereocenters. The van der Waals surface area contributed by atoms with Crippen LogP contribution in [-0.2, 0) is 16.1 Å². The van der Waals surface area contributed by atoms with Gasteiger partial charge in [0.05, 0.1) is 31.4 Å². The fraction of sp³-hybridized carbons (Fsp3) is 0.700. The van der Waals surface area contributed by atoms with Gasteiger partial charge in [0.2, 0.25) is 5.91 Å². The Morgan fingerprint density at radius 2 is 2.65 bits per heavy atom. The van der Waals surface area contributed by atoms with Crippen LogP contribution in [0.1, 0.15) is 5.69 Å². The molecule has 0 radical (unpaired) electrons. The summed E-state index contributed by atoms with van der Waals surface area (Å²) in [5, 5.41) is 16.3. The third-order valence-corrected chi connectivity index (χ3v) is 3.64. The maximum atomic E-state index is 12.3. The minimum absolute atomic E-state index is 0.0491. The second kappa shape index (κ2) is 4.08. The molecule has 0 saturated carbocycles. The molecule has 7 heteroatoms. The number of aromatic nitrogens is 3. The van der Waals surface area contributed by atoms with Gasteiger partial charge in [0.15, 0.2) is 0 Å². The van der Waals surface area contributed by atoms with E-state index in [9.17, 15) is 4.79 Å². The maximum Gasteiger partial charge on any atom is 0.230 e. The summed E-state index contributed by atoms with van der Waals surface area (Å²) in [6.07, 6.45) is 1.60. The Bertz CT molecular complexity index is 395. The van der Waals surface area contributed by atoms with Crippen molar-refractivity contribution in [3.05, 3.63) is 11.9 Å². The zero-order valence-corrected chi connectivity index (χ0v) is 9.40. The van der Waals surface area contributed by atoms with E-state index in [2.05, 4.69) is 26.0 Å². The zero-order chi connectivity index (χ0) is 11.7. The third kappa shape index (κ3) is 1.71. The zero-order valence-electron chi connectivity index (χ0n) is 9.40. The van der Waals surface area contributed by atoms with Gasteiger partial charge in [-0.25, -0.2) is 0 Å². The molecule has 17 heavy (non-hydrogen) atoms. The number of hydrogen-bond donors (Lipinski definition) is 3. The molecular formula is C10H15N5O2. The first kappa shape index (κ1) is 10.7. The van der Waals surface area contributed by atoms with Crippen LogP contribution in [0.3, 0.4) is 0 Å². The molecule has 2 atom stereocenters. The van der Waals surface area contributed by atoms with Crippen molar-refractivity contribution in [2.75, 3.05) is 26.3 Å². The molecular weight excluding hydrogens is 222 g/mol.